The summed E-state index contributed by atoms with van der Waals surface area (Å²) in [4.78, 5) is 24.5. The van der Waals surface area contributed by atoms with Gasteiger partial charge >= 0.3 is 5.97 Å². The highest BCUT2D eigenvalue weighted by molar-refractivity contribution is 6.30. The maximum Gasteiger partial charge on any atom is 0.354 e. The maximum atomic E-state index is 12.5. The topological polar surface area (TPSA) is 55.4 Å². The maximum absolute atomic E-state index is 12.5. The molecule has 2 rings (SSSR count). The van der Waals surface area contributed by atoms with Gasteiger partial charge in [-0.15, -0.1) is 0 Å². The number of methoxy groups -OCH3 is 1. The lowest BCUT2D eigenvalue weighted by Crippen LogP contribution is -2.28. The number of rotatable bonds is 4. The second-order valence-electron chi connectivity index (χ2n) is 6.88. The summed E-state index contributed by atoms with van der Waals surface area (Å²) in [6.45, 7) is 6.31. The minimum absolute atomic E-state index is 0.000664. The standard InChI is InChI=1S/C21H22ClNO3/c1-21(2,3)16-9-7-15(8-10-16)19(24)23-18(20(25)26-4)13-14-5-11-17(22)12-6-14/h5-13H,1-4H3,(H,23,24). The average Bonchev–Trinajstić information content (AvgIpc) is 2.61. The zero-order valence-corrected chi connectivity index (χ0v) is 16.1. The predicted molar refractivity (Wildman–Crippen MR) is 104 cm³/mol. The van der Waals surface area contributed by atoms with Gasteiger partial charge in [-0.2, -0.15) is 0 Å². The first-order valence-corrected chi connectivity index (χ1v) is 8.56. The lowest BCUT2D eigenvalue weighted by molar-refractivity contribution is -0.136. The molecular weight excluding hydrogens is 350 g/mol. The third-order valence-electron chi connectivity index (χ3n) is 3.85. The molecular formula is C21H22ClNO3. The normalized spacial score (nSPS) is 11.8. The van der Waals surface area contributed by atoms with Crippen LogP contribution in [0.15, 0.2) is 54.2 Å². The van der Waals surface area contributed by atoms with Gasteiger partial charge in [0.25, 0.3) is 5.91 Å². The fourth-order valence-electron chi connectivity index (χ4n) is 2.30. The van der Waals surface area contributed by atoms with Gasteiger partial charge in [0, 0.05) is 10.6 Å². The molecule has 4 nitrogen and oxygen atoms in total. The Labute approximate surface area is 158 Å². The SMILES string of the molecule is COC(=O)C(=Cc1ccc(Cl)cc1)NC(=O)c1ccc(C(C)(C)C)cc1. The van der Waals surface area contributed by atoms with Crippen LogP contribution in [-0.2, 0) is 14.9 Å². The number of carbonyl (C=O) groups is 2. The zero-order chi connectivity index (χ0) is 19.3. The first kappa shape index (κ1) is 19.7. The number of nitrogens with one attached hydrogen (secondary N) is 1. The van der Waals surface area contributed by atoms with E-state index in [-0.39, 0.29) is 17.0 Å². The number of benzene rings is 2. The Morgan fingerprint density at radius 2 is 1.58 bits per heavy atom. The van der Waals surface area contributed by atoms with Crippen LogP contribution >= 0.6 is 11.6 Å². The van der Waals surface area contributed by atoms with E-state index in [1.807, 2.05) is 12.1 Å². The average molecular weight is 372 g/mol. The molecule has 0 aromatic heterocycles. The van der Waals surface area contributed by atoms with Crippen LogP contribution in [0.3, 0.4) is 0 Å². The van der Waals surface area contributed by atoms with Crippen molar-refractivity contribution in [3.05, 3.63) is 75.9 Å². The molecule has 0 aliphatic rings. The Bertz CT molecular complexity index is 816. The third-order valence-corrected chi connectivity index (χ3v) is 4.10. The highest BCUT2D eigenvalue weighted by atomic mass is 35.5. The molecule has 0 spiro atoms. The van der Waals surface area contributed by atoms with Gasteiger partial charge in [-0.3, -0.25) is 4.79 Å². The predicted octanol–water partition coefficient (Wildman–Crippen LogP) is 4.58. The summed E-state index contributed by atoms with van der Waals surface area (Å²) in [5, 5.41) is 3.21. The molecule has 1 amide bonds. The monoisotopic (exact) mass is 371 g/mol. The summed E-state index contributed by atoms with van der Waals surface area (Å²) in [6, 6.07) is 14.2. The highest BCUT2D eigenvalue weighted by Crippen LogP contribution is 2.22. The molecule has 0 saturated heterocycles. The lowest BCUT2D eigenvalue weighted by Gasteiger charge is -2.19. The Kier molecular flexibility index (Phi) is 6.22. The van der Waals surface area contributed by atoms with Gasteiger partial charge < -0.3 is 10.1 Å². The summed E-state index contributed by atoms with van der Waals surface area (Å²) >= 11 is 5.87. The molecule has 26 heavy (non-hydrogen) atoms. The Morgan fingerprint density at radius 1 is 1.00 bits per heavy atom. The minimum Gasteiger partial charge on any atom is -0.464 e. The molecule has 5 heteroatoms. The van der Waals surface area contributed by atoms with Gasteiger partial charge in [0.1, 0.15) is 5.70 Å². The van der Waals surface area contributed by atoms with Crippen molar-refractivity contribution in [3.63, 3.8) is 0 Å². The van der Waals surface area contributed by atoms with E-state index in [9.17, 15) is 9.59 Å². The van der Waals surface area contributed by atoms with E-state index in [1.165, 1.54) is 7.11 Å². The molecule has 0 fully saturated rings. The molecule has 2 aromatic rings. The first-order chi connectivity index (χ1) is 12.2. The number of hydrogen-bond acceptors (Lipinski definition) is 3. The molecule has 0 aliphatic carbocycles. The molecule has 2 aromatic carbocycles. The van der Waals surface area contributed by atoms with Crippen LogP contribution in [0.5, 0.6) is 0 Å². The second kappa shape index (κ2) is 8.19. The number of ether oxygens (including phenoxy) is 1. The fraction of sp³-hybridized carbons (Fsp3) is 0.238. The Balaban J connectivity index is 2.24. The van der Waals surface area contributed by atoms with Crippen molar-refractivity contribution in [3.8, 4) is 0 Å². The van der Waals surface area contributed by atoms with Gasteiger partial charge in [0.15, 0.2) is 0 Å². The van der Waals surface area contributed by atoms with E-state index in [0.29, 0.717) is 10.6 Å². The molecule has 0 saturated carbocycles. The number of amides is 1. The van der Waals surface area contributed by atoms with E-state index >= 15 is 0 Å². The number of carbonyl (C=O) groups excluding carboxylic acids is 2. The summed E-state index contributed by atoms with van der Waals surface area (Å²) in [7, 11) is 1.27. The Hall–Kier alpha value is -2.59. The third kappa shape index (κ3) is 5.20. The fourth-order valence-corrected chi connectivity index (χ4v) is 2.42. The zero-order valence-electron chi connectivity index (χ0n) is 15.3. The summed E-state index contributed by atoms with van der Waals surface area (Å²) in [5.41, 5.74) is 2.36. The summed E-state index contributed by atoms with van der Waals surface area (Å²) < 4.78 is 4.76. The summed E-state index contributed by atoms with van der Waals surface area (Å²) in [6.07, 6.45) is 1.55. The first-order valence-electron chi connectivity index (χ1n) is 8.18. The number of esters is 1. The highest BCUT2D eigenvalue weighted by Gasteiger charge is 2.17. The van der Waals surface area contributed by atoms with Crippen molar-refractivity contribution >= 4 is 29.6 Å². The van der Waals surface area contributed by atoms with Crippen LogP contribution in [0, 0.1) is 0 Å². The molecule has 0 unspecified atom stereocenters. The smallest absolute Gasteiger partial charge is 0.354 e. The van der Waals surface area contributed by atoms with Gasteiger partial charge in [-0.25, -0.2) is 4.79 Å². The van der Waals surface area contributed by atoms with Gasteiger partial charge in [-0.1, -0.05) is 56.6 Å². The molecule has 0 radical (unpaired) electrons. The van der Waals surface area contributed by atoms with Crippen molar-refractivity contribution in [1.82, 2.24) is 5.32 Å². The van der Waals surface area contributed by atoms with Gasteiger partial charge in [-0.05, 0) is 46.9 Å². The van der Waals surface area contributed by atoms with E-state index < -0.39 is 5.97 Å². The van der Waals surface area contributed by atoms with E-state index in [4.69, 9.17) is 16.3 Å². The summed E-state index contributed by atoms with van der Waals surface area (Å²) in [5.74, 6) is -1.00. The van der Waals surface area contributed by atoms with Crippen molar-refractivity contribution in [1.29, 1.82) is 0 Å². The Morgan fingerprint density at radius 3 is 2.08 bits per heavy atom. The molecule has 1 N–H and O–H groups in total. The molecule has 0 bridgehead atoms. The van der Waals surface area contributed by atoms with Crippen molar-refractivity contribution < 1.29 is 14.3 Å². The van der Waals surface area contributed by atoms with Crippen LogP contribution in [0.2, 0.25) is 5.02 Å². The van der Waals surface area contributed by atoms with Crippen LogP contribution in [0.25, 0.3) is 6.08 Å². The van der Waals surface area contributed by atoms with Crippen molar-refractivity contribution in [2.24, 2.45) is 0 Å². The molecule has 0 atom stereocenters. The number of halogens is 1. The largest absolute Gasteiger partial charge is 0.464 e. The van der Waals surface area contributed by atoms with Crippen LogP contribution in [-0.4, -0.2) is 19.0 Å². The van der Waals surface area contributed by atoms with E-state index in [0.717, 1.165) is 11.1 Å². The second-order valence-corrected chi connectivity index (χ2v) is 7.32. The lowest BCUT2D eigenvalue weighted by atomic mass is 9.87. The van der Waals surface area contributed by atoms with Gasteiger partial charge in [0.2, 0.25) is 0 Å². The van der Waals surface area contributed by atoms with E-state index in [2.05, 4.69) is 26.1 Å². The minimum atomic E-state index is -0.625. The van der Waals surface area contributed by atoms with Crippen LogP contribution < -0.4 is 5.32 Å². The molecule has 0 heterocycles. The molecule has 0 aliphatic heterocycles. The van der Waals surface area contributed by atoms with Gasteiger partial charge in [0.05, 0.1) is 7.11 Å². The van der Waals surface area contributed by atoms with Crippen molar-refractivity contribution in [2.45, 2.75) is 26.2 Å². The van der Waals surface area contributed by atoms with Crippen molar-refractivity contribution in [2.75, 3.05) is 7.11 Å². The van der Waals surface area contributed by atoms with Crippen LogP contribution in [0.4, 0.5) is 0 Å². The molecule has 136 valence electrons. The van der Waals surface area contributed by atoms with E-state index in [1.54, 1.807) is 42.5 Å². The van der Waals surface area contributed by atoms with Crippen LogP contribution in [0.1, 0.15) is 42.3 Å². The number of hydrogen-bond donors (Lipinski definition) is 1. The quantitative estimate of drug-likeness (QED) is 0.632.